The lowest BCUT2D eigenvalue weighted by atomic mass is 10.1. The van der Waals surface area contributed by atoms with Crippen LogP contribution in [0.1, 0.15) is 32.8 Å². The summed E-state index contributed by atoms with van der Waals surface area (Å²) in [6.45, 7) is 5.48. The Hall–Kier alpha value is -2.57. The van der Waals surface area contributed by atoms with E-state index in [1.165, 1.54) is 0 Å². The fraction of sp³-hybridized carbons (Fsp3) is 0.471. The molecule has 7 heteroatoms. The van der Waals surface area contributed by atoms with Gasteiger partial charge in [-0.05, 0) is 38.8 Å². The molecule has 0 unspecified atom stereocenters. The summed E-state index contributed by atoms with van der Waals surface area (Å²) < 4.78 is 10.3. The lowest BCUT2D eigenvalue weighted by Crippen LogP contribution is -2.44. The summed E-state index contributed by atoms with van der Waals surface area (Å²) in [6.07, 6.45) is 0.569. The first-order valence-corrected chi connectivity index (χ1v) is 7.89. The van der Waals surface area contributed by atoms with E-state index in [1.54, 1.807) is 13.8 Å². The maximum Gasteiger partial charge on any atom is 0.321 e. The quantitative estimate of drug-likeness (QED) is 0.706. The molecule has 132 valence electrons. The van der Waals surface area contributed by atoms with Crippen LogP contribution in [0.3, 0.4) is 0 Å². The molecule has 0 saturated heterocycles. The van der Waals surface area contributed by atoms with Crippen molar-refractivity contribution in [3.05, 3.63) is 29.8 Å². The number of ether oxygens (including phenoxy) is 2. The summed E-state index contributed by atoms with van der Waals surface area (Å²) in [5.74, 6) is -0.451. The number of para-hydroxylation sites is 1. The lowest BCUT2D eigenvalue weighted by molar-refractivity contribution is -0.148. The summed E-state index contributed by atoms with van der Waals surface area (Å²) in [6, 6.07) is 6.73. The number of aryl methyl sites for hydroxylation is 1. The molecule has 0 aromatic heterocycles. The molecule has 2 N–H and O–H groups in total. The van der Waals surface area contributed by atoms with E-state index in [2.05, 4.69) is 10.6 Å². The Balaban J connectivity index is 2.34. The summed E-state index contributed by atoms with van der Waals surface area (Å²) in [5.41, 5.74) is 0.900. The fourth-order valence-electron chi connectivity index (χ4n) is 1.92. The maximum absolute atomic E-state index is 11.7. The Morgan fingerprint density at radius 1 is 1.17 bits per heavy atom. The molecule has 1 rings (SSSR count). The number of hydrogen-bond donors (Lipinski definition) is 2. The Bertz CT molecular complexity index is 572. The molecule has 0 saturated carbocycles. The van der Waals surface area contributed by atoms with Crippen molar-refractivity contribution in [2.45, 2.75) is 39.7 Å². The average Bonchev–Trinajstić information content (AvgIpc) is 2.51. The predicted octanol–water partition coefficient (Wildman–Crippen LogP) is 1.80. The highest BCUT2D eigenvalue weighted by molar-refractivity contribution is 5.95. The number of urea groups is 1. The standard InChI is InChI=1S/C17H24N2O5/c1-4-23-14-8-6-5-7-13(14)9-10-16(21)24-11-15(20)19-17(22)18-12(2)3/h5-8,12H,4,9-11H2,1-3H3,(H2,18,19,20,22). The molecule has 0 aliphatic heterocycles. The molecule has 0 aliphatic rings. The van der Waals surface area contributed by atoms with E-state index in [0.29, 0.717) is 13.0 Å². The van der Waals surface area contributed by atoms with Crippen LogP contribution >= 0.6 is 0 Å². The van der Waals surface area contributed by atoms with Crippen molar-refractivity contribution in [2.75, 3.05) is 13.2 Å². The van der Waals surface area contributed by atoms with Crippen molar-refractivity contribution in [3.8, 4) is 5.75 Å². The van der Waals surface area contributed by atoms with Gasteiger partial charge in [0.2, 0.25) is 0 Å². The van der Waals surface area contributed by atoms with Gasteiger partial charge in [-0.2, -0.15) is 0 Å². The fourth-order valence-corrected chi connectivity index (χ4v) is 1.92. The Morgan fingerprint density at radius 2 is 1.88 bits per heavy atom. The van der Waals surface area contributed by atoms with Crippen LogP contribution in [0, 0.1) is 0 Å². The third-order valence-corrected chi connectivity index (χ3v) is 2.91. The minimum Gasteiger partial charge on any atom is -0.494 e. The van der Waals surface area contributed by atoms with E-state index in [0.717, 1.165) is 11.3 Å². The smallest absolute Gasteiger partial charge is 0.321 e. The second-order valence-corrected chi connectivity index (χ2v) is 5.38. The summed E-state index contributed by atoms with van der Waals surface area (Å²) in [7, 11) is 0. The maximum atomic E-state index is 11.7. The van der Waals surface area contributed by atoms with Gasteiger partial charge in [0, 0.05) is 12.5 Å². The molecule has 0 spiro atoms. The van der Waals surface area contributed by atoms with E-state index in [-0.39, 0.29) is 12.5 Å². The van der Waals surface area contributed by atoms with Gasteiger partial charge in [-0.25, -0.2) is 4.79 Å². The Kier molecular flexibility index (Phi) is 8.32. The number of carbonyl (C=O) groups excluding carboxylic acids is 3. The summed E-state index contributed by atoms with van der Waals surface area (Å²) in [4.78, 5) is 34.5. The molecule has 0 radical (unpaired) electrons. The van der Waals surface area contributed by atoms with E-state index < -0.39 is 24.5 Å². The number of hydrogen-bond acceptors (Lipinski definition) is 5. The zero-order valence-corrected chi connectivity index (χ0v) is 14.3. The molecule has 24 heavy (non-hydrogen) atoms. The van der Waals surface area contributed by atoms with E-state index in [1.807, 2.05) is 31.2 Å². The Morgan fingerprint density at radius 3 is 2.54 bits per heavy atom. The second kappa shape index (κ2) is 10.3. The number of imide groups is 1. The van der Waals surface area contributed by atoms with E-state index in [9.17, 15) is 14.4 Å². The van der Waals surface area contributed by atoms with Crippen LogP contribution in [0.15, 0.2) is 24.3 Å². The van der Waals surface area contributed by atoms with Gasteiger partial charge in [0.15, 0.2) is 6.61 Å². The molecule has 0 atom stereocenters. The van der Waals surface area contributed by atoms with Crippen molar-refractivity contribution in [1.82, 2.24) is 10.6 Å². The van der Waals surface area contributed by atoms with Crippen molar-refractivity contribution in [2.24, 2.45) is 0 Å². The molecular formula is C17H24N2O5. The normalized spacial score (nSPS) is 10.2. The van der Waals surface area contributed by atoms with Crippen LogP contribution in [0.25, 0.3) is 0 Å². The summed E-state index contributed by atoms with van der Waals surface area (Å²) in [5, 5.41) is 4.58. The van der Waals surface area contributed by atoms with Gasteiger partial charge in [-0.15, -0.1) is 0 Å². The van der Waals surface area contributed by atoms with Crippen LogP contribution in [-0.4, -0.2) is 37.2 Å². The number of esters is 1. The van der Waals surface area contributed by atoms with Crippen LogP contribution < -0.4 is 15.4 Å². The van der Waals surface area contributed by atoms with Crippen LogP contribution in [0.4, 0.5) is 4.79 Å². The zero-order valence-electron chi connectivity index (χ0n) is 14.3. The van der Waals surface area contributed by atoms with Gasteiger partial charge in [0.05, 0.1) is 6.61 Å². The van der Waals surface area contributed by atoms with Crippen molar-refractivity contribution < 1.29 is 23.9 Å². The molecular weight excluding hydrogens is 312 g/mol. The van der Waals surface area contributed by atoms with Crippen molar-refractivity contribution in [1.29, 1.82) is 0 Å². The van der Waals surface area contributed by atoms with Crippen molar-refractivity contribution >= 4 is 17.9 Å². The van der Waals surface area contributed by atoms with E-state index >= 15 is 0 Å². The highest BCUT2D eigenvalue weighted by atomic mass is 16.5. The predicted molar refractivity (Wildman–Crippen MR) is 88.7 cm³/mol. The topological polar surface area (TPSA) is 93.7 Å². The van der Waals surface area contributed by atoms with Crippen LogP contribution in [0.2, 0.25) is 0 Å². The van der Waals surface area contributed by atoms with Crippen LogP contribution in [-0.2, 0) is 20.7 Å². The largest absolute Gasteiger partial charge is 0.494 e. The molecule has 7 nitrogen and oxygen atoms in total. The monoisotopic (exact) mass is 336 g/mol. The molecule has 3 amide bonds. The average molecular weight is 336 g/mol. The number of benzene rings is 1. The highest BCUT2D eigenvalue weighted by Crippen LogP contribution is 2.19. The molecule has 0 fully saturated rings. The third kappa shape index (κ3) is 7.62. The molecule has 1 aromatic rings. The van der Waals surface area contributed by atoms with Gasteiger partial charge in [-0.1, -0.05) is 18.2 Å². The first-order valence-electron chi connectivity index (χ1n) is 7.89. The molecule has 0 bridgehead atoms. The van der Waals surface area contributed by atoms with Gasteiger partial charge >= 0.3 is 12.0 Å². The number of rotatable bonds is 8. The first kappa shape index (κ1) is 19.5. The zero-order chi connectivity index (χ0) is 17.9. The van der Waals surface area contributed by atoms with E-state index in [4.69, 9.17) is 9.47 Å². The molecule has 0 aliphatic carbocycles. The highest BCUT2D eigenvalue weighted by Gasteiger charge is 2.12. The second-order valence-electron chi connectivity index (χ2n) is 5.38. The summed E-state index contributed by atoms with van der Waals surface area (Å²) >= 11 is 0. The SMILES string of the molecule is CCOc1ccccc1CCC(=O)OCC(=O)NC(=O)NC(C)C. The lowest BCUT2D eigenvalue weighted by Gasteiger charge is -2.10. The first-order chi connectivity index (χ1) is 11.4. The van der Waals surface area contributed by atoms with Gasteiger partial charge in [-0.3, -0.25) is 14.9 Å². The van der Waals surface area contributed by atoms with Gasteiger partial charge < -0.3 is 14.8 Å². The Labute approximate surface area is 141 Å². The minimum atomic E-state index is -0.670. The minimum absolute atomic E-state index is 0.0919. The molecule has 1 aromatic carbocycles. The third-order valence-electron chi connectivity index (χ3n) is 2.91. The number of nitrogens with one attached hydrogen (secondary N) is 2. The van der Waals surface area contributed by atoms with Crippen LogP contribution in [0.5, 0.6) is 5.75 Å². The van der Waals surface area contributed by atoms with Gasteiger partial charge in [0.25, 0.3) is 5.91 Å². The number of amides is 3. The molecule has 0 heterocycles. The number of carbonyl (C=O) groups is 3. The van der Waals surface area contributed by atoms with Crippen molar-refractivity contribution in [3.63, 3.8) is 0 Å². The van der Waals surface area contributed by atoms with Gasteiger partial charge in [0.1, 0.15) is 5.75 Å².